The summed E-state index contributed by atoms with van der Waals surface area (Å²) >= 11 is 0. The molecule has 0 unspecified atom stereocenters. The molecule has 1 aliphatic carbocycles. The Morgan fingerprint density at radius 2 is 1.91 bits per heavy atom. The van der Waals surface area contributed by atoms with Gasteiger partial charge in [0.15, 0.2) is 0 Å². The smallest absolute Gasteiger partial charge is 0.115 e. The molecule has 1 aliphatic rings. The third-order valence-electron chi connectivity index (χ3n) is 4.48. The number of phenolic OH excluding ortho intramolecular Hbond substituents is 1. The Morgan fingerprint density at radius 3 is 2.68 bits per heavy atom. The highest BCUT2D eigenvalue weighted by Gasteiger charge is 2.19. The Labute approximate surface area is 131 Å². The van der Waals surface area contributed by atoms with Crippen LogP contribution in [0.25, 0.3) is 0 Å². The maximum atomic E-state index is 10.3. The van der Waals surface area contributed by atoms with E-state index in [9.17, 15) is 10.2 Å². The molecule has 116 valence electrons. The highest BCUT2D eigenvalue weighted by molar-refractivity contribution is 5.37. The second-order valence-corrected chi connectivity index (χ2v) is 6.23. The van der Waals surface area contributed by atoms with E-state index in [1.165, 1.54) is 16.7 Å². The maximum absolute atomic E-state index is 10.3. The van der Waals surface area contributed by atoms with Crippen LogP contribution in [-0.2, 0) is 12.8 Å². The molecule has 3 N–H and O–H groups in total. The van der Waals surface area contributed by atoms with Gasteiger partial charge in [-0.15, -0.1) is 0 Å². The van der Waals surface area contributed by atoms with Gasteiger partial charge in [-0.25, -0.2) is 0 Å². The normalized spacial score (nSPS) is 18.7. The number of phenols is 1. The summed E-state index contributed by atoms with van der Waals surface area (Å²) < 4.78 is 0. The van der Waals surface area contributed by atoms with Gasteiger partial charge in [-0.05, 0) is 55.0 Å². The number of rotatable bonds is 4. The fraction of sp³-hybridized carbons (Fsp3) is 0.368. The summed E-state index contributed by atoms with van der Waals surface area (Å²) in [6.07, 6.45) is 2.52. The van der Waals surface area contributed by atoms with Crippen molar-refractivity contribution < 1.29 is 10.2 Å². The number of aromatic hydroxyl groups is 1. The van der Waals surface area contributed by atoms with E-state index in [1.807, 2.05) is 43.3 Å². The molecule has 3 rings (SSSR count). The predicted octanol–water partition coefficient (Wildman–Crippen LogP) is 2.88. The van der Waals surface area contributed by atoms with Gasteiger partial charge in [-0.2, -0.15) is 0 Å². The van der Waals surface area contributed by atoms with Crippen LogP contribution in [0.3, 0.4) is 0 Å². The summed E-state index contributed by atoms with van der Waals surface area (Å²) in [5, 5.41) is 23.3. The number of hydrogen-bond acceptors (Lipinski definition) is 3. The highest BCUT2D eigenvalue weighted by atomic mass is 16.3. The summed E-state index contributed by atoms with van der Waals surface area (Å²) in [6, 6.07) is 14.0. The van der Waals surface area contributed by atoms with Crippen LogP contribution in [0.4, 0.5) is 0 Å². The van der Waals surface area contributed by atoms with Gasteiger partial charge >= 0.3 is 0 Å². The molecule has 0 saturated heterocycles. The van der Waals surface area contributed by atoms with Gasteiger partial charge in [0.05, 0.1) is 6.10 Å². The van der Waals surface area contributed by atoms with Crippen LogP contribution in [0.15, 0.2) is 42.5 Å². The molecule has 3 heteroatoms. The number of hydrogen-bond donors (Lipinski definition) is 3. The maximum Gasteiger partial charge on any atom is 0.115 e. The SMILES string of the molecule is Cc1ccc([C@H](O)CN[C@H]2CCc3ccc(O)cc3C2)cc1. The lowest BCUT2D eigenvalue weighted by molar-refractivity contribution is 0.168. The summed E-state index contributed by atoms with van der Waals surface area (Å²) in [5.41, 5.74) is 4.70. The average molecular weight is 297 g/mol. The number of fused-ring (bicyclic) bond motifs is 1. The van der Waals surface area contributed by atoms with Crippen molar-refractivity contribution in [2.75, 3.05) is 6.54 Å². The van der Waals surface area contributed by atoms with E-state index < -0.39 is 6.10 Å². The van der Waals surface area contributed by atoms with Crippen molar-refractivity contribution in [3.63, 3.8) is 0 Å². The lowest BCUT2D eigenvalue weighted by atomic mass is 9.88. The van der Waals surface area contributed by atoms with Gasteiger partial charge in [0, 0.05) is 12.6 Å². The van der Waals surface area contributed by atoms with Crippen molar-refractivity contribution in [2.45, 2.75) is 38.3 Å². The zero-order valence-corrected chi connectivity index (χ0v) is 12.9. The van der Waals surface area contributed by atoms with Crippen molar-refractivity contribution in [1.29, 1.82) is 0 Å². The quantitative estimate of drug-likeness (QED) is 0.813. The van der Waals surface area contributed by atoms with Crippen LogP contribution in [0.1, 0.15) is 34.8 Å². The number of aliphatic hydroxyl groups excluding tert-OH is 1. The molecule has 0 aromatic heterocycles. The molecule has 0 radical (unpaired) electrons. The molecular formula is C19H23NO2. The summed E-state index contributed by atoms with van der Waals surface area (Å²) in [7, 11) is 0. The van der Waals surface area contributed by atoms with Gasteiger partial charge < -0.3 is 15.5 Å². The van der Waals surface area contributed by atoms with E-state index in [-0.39, 0.29) is 0 Å². The molecule has 0 spiro atoms. The molecule has 0 bridgehead atoms. The first-order valence-electron chi connectivity index (χ1n) is 7.90. The van der Waals surface area contributed by atoms with Gasteiger partial charge in [0.1, 0.15) is 5.75 Å². The molecule has 0 saturated carbocycles. The molecule has 0 heterocycles. The largest absolute Gasteiger partial charge is 0.508 e. The Bertz CT molecular complexity index is 636. The molecule has 2 atom stereocenters. The van der Waals surface area contributed by atoms with E-state index >= 15 is 0 Å². The third kappa shape index (κ3) is 3.49. The van der Waals surface area contributed by atoms with Crippen molar-refractivity contribution >= 4 is 0 Å². The average Bonchev–Trinajstić information content (AvgIpc) is 2.53. The molecule has 0 amide bonds. The zero-order valence-electron chi connectivity index (χ0n) is 12.9. The molecule has 2 aromatic rings. The fourth-order valence-corrected chi connectivity index (χ4v) is 3.10. The van der Waals surface area contributed by atoms with Crippen LogP contribution >= 0.6 is 0 Å². The van der Waals surface area contributed by atoms with E-state index in [4.69, 9.17) is 0 Å². The van der Waals surface area contributed by atoms with Crippen LogP contribution in [0.5, 0.6) is 5.75 Å². The number of aryl methyl sites for hydroxylation is 2. The van der Waals surface area contributed by atoms with Crippen LogP contribution in [-0.4, -0.2) is 22.8 Å². The number of nitrogens with one attached hydrogen (secondary N) is 1. The van der Waals surface area contributed by atoms with Gasteiger partial charge in [-0.1, -0.05) is 35.9 Å². The number of benzene rings is 2. The Balaban J connectivity index is 1.57. The lowest BCUT2D eigenvalue weighted by Gasteiger charge is -2.26. The van der Waals surface area contributed by atoms with Gasteiger partial charge in [0.2, 0.25) is 0 Å². The van der Waals surface area contributed by atoms with E-state index in [0.29, 0.717) is 18.3 Å². The number of aliphatic hydroxyl groups is 1. The Hall–Kier alpha value is -1.84. The van der Waals surface area contributed by atoms with Gasteiger partial charge in [-0.3, -0.25) is 0 Å². The first-order chi connectivity index (χ1) is 10.6. The summed E-state index contributed by atoms with van der Waals surface area (Å²) in [5.74, 6) is 0.332. The summed E-state index contributed by atoms with van der Waals surface area (Å²) in [4.78, 5) is 0. The summed E-state index contributed by atoms with van der Waals surface area (Å²) in [6.45, 7) is 2.60. The third-order valence-corrected chi connectivity index (χ3v) is 4.48. The van der Waals surface area contributed by atoms with Crippen molar-refractivity contribution in [3.05, 3.63) is 64.7 Å². The zero-order chi connectivity index (χ0) is 15.5. The first-order valence-corrected chi connectivity index (χ1v) is 7.90. The lowest BCUT2D eigenvalue weighted by Crippen LogP contribution is -2.37. The second kappa shape index (κ2) is 6.51. The fourth-order valence-electron chi connectivity index (χ4n) is 3.10. The predicted molar refractivity (Wildman–Crippen MR) is 88.1 cm³/mol. The Morgan fingerprint density at radius 1 is 1.14 bits per heavy atom. The standard InChI is InChI=1S/C19H23NO2/c1-13-2-4-15(5-3-13)19(22)12-20-17-8-6-14-7-9-18(21)11-16(14)10-17/h2-5,7,9,11,17,19-22H,6,8,10,12H2,1H3/t17-,19+/m0/s1. The molecular weight excluding hydrogens is 274 g/mol. The van der Waals surface area contributed by atoms with E-state index in [2.05, 4.69) is 5.32 Å². The van der Waals surface area contributed by atoms with Crippen LogP contribution in [0, 0.1) is 6.92 Å². The molecule has 0 aliphatic heterocycles. The minimum Gasteiger partial charge on any atom is -0.508 e. The molecule has 3 nitrogen and oxygen atoms in total. The first kappa shape index (κ1) is 15.1. The van der Waals surface area contributed by atoms with E-state index in [1.54, 1.807) is 6.07 Å². The van der Waals surface area contributed by atoms with Crippen molar-refractivity contribution in [3.8, 4) is 5.75 Å². The highest BCUT2D eigenvalue weighted by Crippen LogP contribution is 2.25. The van der Waals surface area contributed by atoms with Crippen molar-refractivity contribution in [2.24, 2.45) is 0 Å². The molecule has 22 heavy (non-hydrogen) atoms. The Kier molecular flexibility index (Phi) is 4.46. The van der Waals surface area contributed by atoms with Crippen LogP contribution < -0.4 is 5.32 Å². The van der Waals surface area contributed by atoms with Gasteiger partial charge in [0.25, 0.3) is 0 Å². The minimum atomic E-state index is -0.480. The molecule has 2 aromatic carbocycles. The molecule has 0 fully saturated rings. The van der Waals surface area contributed by atoms with E-state index in [0.717, 1.165) is 24.8 Å². The monoisotopic (exact) mass is 297 g/mol. The second-order valence-electron chi connectivity index (χ2n) is 6.23. The minimum absolute atomic E-state index is 0.332. The van der Waals surface area contributed by atoms with Crippen LogP contribution in [0.2, 0.25) is 0 Å². The van der Waals surface area contributed by atoms with Crippen molar-refractivity contribution in [1.82, 2.24) is 5.32 Å². The topological polar surface area (TPSA) is 52.5 Å².